The highest BCUT2D eigenvalue weighted by molar-refractivity contribution is 6.30. The molecule has 0 aromatic heterocycles. The Balaban J connectivity index is 2.45. The van der Waals surface area contributed by atoms with Gasteiger partial charge in [0.2, 0.25) is 0 Å². The molecule has 0 aliphatic carbocycles. The molecule has 0 aliphatic rings. The number of ether oxygens (including phenoxy) is 1. The van der Waals surface area contributed by atoms with Crippen LogP contribution < -0.4 is 10.5 Å². The summed E-state index contributed by atoms with van der Waals surface area (Å²) in [6.07, 6.45) is 0. The smallest absolute Gasteiger partial charge is 0.151 e. The van der Waals surface area contributed by atoms with E-state index in [1.54, 1.807) is 18.2 Å². The number of nitrogens with zero attached hydrogens (tertiary/aromatic N) is 1. The number of halogens is 1. The molecule has 0 atom stereocenters. The number of anilines is 1. The zero-order chi connectivity index (χ0) is 14.0. The van der Waals surface area contributed by atoms with Gasteiger partial charge in [-0.2, -0.15) is 5.26 Å². The molecule has 0 amide bonds. The van der Waals surface area contributed by atoms with Gasteiger partial charge in [0.15, 0.2) is 5.75 Å². The van der Waals surface area contributed by atoms with E-state index in [0.29, 0.717) is 27.8 Å². The Morgan fingerprint density at radius 3 is 2.37 bits per heavy atom. The molecule has 0 unspecified atom stereocenters. The number of hydrogen-bond donors (Lipinski definition) is 1. The van der Waals surface area contributed by atoms with Crippen molar-refractivity contribution in [3.63, 3.8) is 0 Å². The molecule has 0 radical (unpaired) electrons. The second kappa shape index (κ2) is 5.21. The third-order valence-electron chi connectivity index (χ3n) is 2.78. The monoisotopic (exact) mass is 272 g/mol. The maximum atomic E-state index is 8.90. The highest BCUT2D eigenvalue weighted by atomic mass is 35.5. The maximum Gasteiger partial charge on any atom is 0.151 e. The lowest BCUT2D eigenvalue weighted by Gasteiger charge is -2.14. The van der Waals surface area contributed by atoms with Crippen molar-refractivity contribution in [2.45, 2.75) is 13.8 Å². The number of rotatable bonds is 2. The lowest BCUT2D eigenvalue weighted by molar-refractivity contribution is 0.477. The van der Waals surface area contributed by atoms with Gasteiger partial charge >= 0.3 is 0 Å². The van der Waals surface area contributed by atoms with Crippen LogP contribution in [0.5, 0.6) is 11.5 Å². The van der Waals surface area contributed by atoms with Crippen molar-refractivity contribution in [1.29, 1.82) is 5.26 Å². The number of nitrogens with two attached hydrogens (primary N) is 1. The van der Waals surface area contributed by atoms with Crippen LogP contribution >= 0.6 is 11.6 Å². The number of benzene rings is 2. The Hall–Kier alpha value is -2.18. The largest absolute Gasteiger partial charge is 0.455 e. The van der Waals surface area contributed by atoms with Crippen LogP contribution in [0.3, 0.4) is 0 Å². The molecule has 0 saturated heterocycles. The summed E-state index contributed by atoms with van der Waals surface area (Å²) in [5.74, 6) is 1.19. The molecule has 0 fully saturated rings. The van der Waals surface area contributed by atoms with Crippen LogP contribution in [0.2, 0.25) is 5.02 Å². The van der Waals surface area contributed by atoms with Crippen LogP contribution in [0.25, 0.3) is 0 Å². The van der Waals surface area contributed by atoms with Crippen molar-refractivity contribution >= 4 is 17.3 Å². The lowest BCUT2D eigenvalue weighted by Crippen LogP contribution is -1.96. The minimum atomic E-state index is 0.479. The van der Waals surface area contributed by atoms with Gasteiger partial charge in [0.1, 0.15) is 5.75 Å². The van der Waals surface area contributed by atoms with E-state index < -0.39 is 0 Å². The van der Waals surface area contributed by atoms with Crippen molar-refractivity contribution in [2.24, 2.45) is 0 Å². The van der Waals surface area contributed by atoms with Crippen molar-refractivity contribution in [1.82, 2.24) is 0 Å². The average Bonchev–Trinajstić information content (AvgIpc) is 2.35. The summed E-state index contributed by atoms with van der Waals surface area (Å²) in [5.41, 5.74) is 8.71. The molecule has 0 spiro atoms. The molecule has 3 nitrogen and oxygen atoms in total. The van der Waals surface area contributed by atoms with Crippen molar-refractivity contribution in [3.05, 3.63) is 52.0 Å². The fourth-order valence-corrected chi connectivity index (χ4v) is 2.19. The quantitative estimate of drug-likeness (QED) is 0.834. The summed E-state index contributed by atoms with van der Waals surface area (Å²) in [4.78, 5) is 0. The fourth-order valence-electron chi connectivity index (χ4n) is 1.86. The van der Waals surface area contributed by atoms with Crippen LogP contribution in [0.1, 0.15) is 16.7 Å². The molecule has 0 saturated carbocycles. The summed E-state index contributed by atoms with van der Waals surface area (Å²) in [6, 6.07) is 10.7. The molecule has 0 heterocycles. The Morgan fingerprint density at radius 1 is 1.16 bits per heavy atom. The minimum absolute atomic E-state index is 0.479. The summed E-state index contributed by atoms with van der Waals surface area (Å²) >= 11 is 5.98. The lowest BCUT2D eigenvalue weighted by atomic mass is 10.1. The molecule has 0 bridgehead atoms. The zero-order valence-corrected chi connectivity index (χ0v) is 11.5. The molecule has 2 N–H and O–H groups in total. The number of hydrogen-bond acceptors (Lipinski definition) is 3. The summed E-state index contributed by atoms with van der Waals surface area (Å²) in [6.45, 7) is 3.83. The molecule has 2 rings (SSSR count). The van der Waals surface area contributed by atoms with Crippen molar-refractivity contribution < 1.29 is 4.74 Å². The first-order valence-corrected chi connectivity index (χ1v) is 6.13. The molecule has 4 heteroatoms. The van der Waals surface area contributed by atoms with Gasteiger partial charge in [0, 0.05) is 11.1 Å². The SMILES string of the molecule is Cc1cc(Cl)cc(C)c1Oc1cc(C#N)ccc1N. The maximum absolute atomic E-state index is 8.90. The Kier molecular flexibility index (Phi) is 3.64. The minimum Gasteiger partial charge on any atom is -0.455 e. The second-order valence-electron chi connectivity index (χ2n) is 4.34. The number of nitrogen functional groups attached to an aromatic ring is 1. The number of nitriles is 1. The van der Waals surface area contributed by atoms with E-state index in [-0.39, 0.29) is 0 Å². The summed E-state index contributed by atoms with van der Waals surface area (Å²) in [5, 5.41) is 9.57. The number of aryl methyl sites for hydroxylation is 2. The second-order valence-corrected chi connectivity index (χ2v) is 4.77. The molecular formula is C15H13ClN2O. The molecule has 2 aromatic rings. The third kappa shape index (κ3) is 2.81. The van der Waals surface area contributed by atoms with Gasteiger partial charge in [-0.1, -0.05) is 11.6 Å². The van der Waals surface area contributed by atoms with E-state index in [9.17, 15) is 0 Å². The topological polar surface area (TPSA) is 59.0 Å². The highest BCUT2D eigenvalue weighted by Crippen LogP contribution is 2.34. The van der Waals surface area contributed by atoms with Gasteiger partial charge in [0.05, 0.1) is 17.3 Å². The van der Waals surface area contributed by atoms with E-state index in [0.717, 1.165) is 11.1 Å². The first-order valence-electron chi connectivity index (χ1n) is 5.75. The van der Waals surface area contributed by atoms with Crippen LogP contribution in [0.4, 0.5) is 5.69 Å². The first-order chi connectivity index (χ1) is 9.01. The van der Waals surface area contributed by atoms with Gasteiger partial charge in [-0.25, -0.2) is 0 Å². The predicted molar refractivity (Wildman–Crippen MR) is 76.6 cm³/mol. The Labute approximate surface area is 117 Å². The van der Waals surface area contributed by atoms with Crippen LogP contribution in [-0.2, 0) is 0 Å². The Morgan fingerprint density at radius 2 is 1.79 bits per heavy atom. The molecular weight excluding hydrogens is 260 g/mol. The average molecular weight is 273 g/mol. The fraction of sp³-hybridized carbons (Fsp3) is 0.133. The molecule has 96 valence electrons. The van der Waals surface area contributed by atoms with Crippen molar-refractivity contribution in [3.8, 4) is 17.6 Å². The van der Waals surface area contributed by atoms with E-state index in [1.165, 1.54) is 0 Å². The van der Waals surface area contributed by atoms with E-state index in [2.05, 4.69) is 6.07 Å². The van der Waals surface area contributed by atoms with E-state index in [4.69, 9.17) is 27.3 Å². The first kappa shape index (κ1) is 13.3. The summed E-state index contributed by atoms with van der Waals surface area (Å²) < 4.78 is 5.83. The van der Waals surface area contributed by atoms with Gasteiger partial charge < -0.3 is 10.5 Å². The van der Waals surface area contributed by atoms with Gasteiger partial charge in [0.25, 0.3) is 0 Å². The van der Waals surface area contributed by atoms with Crippen molar-refractivity contribution in [2.75, 3.05) is 5.73 Å². The van der Waals surface area contributed by atoms with Crippen LogP contribution in [0.15, 0.2) is 30.3 Å². The predicted octanol–water partition coefficient (Wildman–Crippen LogP) is 4.20. The zero-order valence-electron chi connectivity index (χ0n) is 10.7. The van der Waals surface area contributed by atoms with Crippen LogP contribution in [0, 0.1) is 25.2 Å². The molecule has 2 aromatic carbocycles. The molecule has 0 aliphatic heterocycles. The Bertz CT molecular complexity index is 651. The van der Waals surface area contributed by atoms with E-state index in [1.807, 2.05) is 26.0 Å². The van der Waals surface area contributed by atoms with Gasteiger partial charge in [-0.3, -0.25) is 0 Å². The van der Waals surface area contributed by atoms with Gasteiger partial charge in [-0.15, -0.1) is 0 Å². The molecule has 19 heavy (non-hydrogen) atoms. The highest BCUT2D eigenvalue weighted by Gasteiger charge is 2.10. The van der Waals surface area contributed by atoms with Gasteiger partial charge in [-0.05, 0) is 49.2 Å². The summed E-state index contributed by atoms with van der Waals surface area (Å²) in [7, 11) is 0. The normalized spacial score (nSPS) is 10.0. The van der Waals surface area contributed by atoms with E-state index >= 15 is 0 Å². The third-order valence-corrected chi connectivity index (χ3v) is 3.00. The van der Waals surface area contributed by atoms with Crippen LogP contribution in [-0.4, -0.2) is 0 Å². The standard InChI is InChI=1S/C15H13ClN2O/c1-9-5-12(16)6-10(2)15(9)19-14-7-11(8-17)3-4-13(14)18/h3-7H,18H2,1-2H3.